The number of aliphatic hydroxyl groups excluding tert-OH is 1. The van der Waals surface area contributed by atoms with Gasteiger partial charge in [0.25, 0.3) is 0 Å². The quantitative estimate of drug-likeness (QED) is 0.0197. The van der Waals surface area contributed by atoms with Crippen molar-refractivity contribution in [1.29, 1.82) is 0 Å². The Morgan fingerprint density at radius 1 is 0.392 bits per heavy atom. The van der Waals surface area contributed by atoms with Gasteiger partial charge in [-0.05, 0) is 77.0 Å². The maximum atomic E-state index is 12.9. The molecule has 0 aromatic carbocycles. The lowest BCUT2D eigenvalue weighted by Gasteiger charge is -2.21. The second-order valence-corrected chi connectivity index (χ2v) is 21.9. The van der Waals surface area contributed by atoms with E-state index in [1.54, 1.807) is 0 Å². The molecule has 0 saturated heterocycles. The minimum absolute atomic E-state index is 0.158. The highest BCUT2D eigenvalue weighted by Gasteiger charge is 2.28. The summed E-state index contributed by atoms with van der Waals surface area (Å²) in [5.74, 6) is -1.47. The predicted octanol–water partition coefficient (Wildman–Crippen LogP) is 18.1. The van der Waals surface area contributed by atoms with Gasteiger partial charge in [-0.2, -0.15) is 0 Å². The minimum Gasteiger partial charge on any atom is -0.462 e. The van der Waals surface area contributed by atoms with E-state index in [-0.39, 0.29) is 25.9 Å². The van der Waals surface area contributed by atoms with Crippen LogP contribution in [0.25, 0.3) is 0 Å². The van der Waals surface area contributed by atoms with Crippen molar-refractivity contribution in [3.63, 3.8) is 0 Å². The molecule has 0 aliphatic heterocycles. The summed E-state index contributed by atoms with van der Waals surface area (Å²) in [6, 6.07) is 0. The van der Waals surface area contributed by atoms with Crippen LogP contribution in [0.2, 0.25) is 0 Å². The third-order valence-corrected chi connectivity index (χ3v) is 14.2. The first-order valence-corrected chi connectivity index (χ1v) is 32.0. The van der Waals surface area contributed by atoms with Crippen LogP contribution in [0.5, 0.6) is 0 Å². The summed E-state index contributed by atoms with van der Waals surface area (Å²) in [7, 11) is -4.75. The van der Waals surface area contributed by atoms with Crippen LogP contribution in [-0.2, 0) is 42.2 Å². The normalized spacial score (nSPS) is 13.6. The summed E-state index contributed by atoms with van der Waals surface area (Å²) < 4.78 is 39.6. The Balaban J connectivity index is 4.71. The number of hydrogen-bond donors (Lipinski definition) is 2. The van der Waals surface area contributed by atoms with Crippen LogP contribution < -0.4 is 0 Å². The molecule has 0 bridgehead atoms. The van der Waals surface area contributed by atoms with Crippen LogP contribution in [0, 0.1) is 0 Å². The van der Waals surface area contributed by atoms with Gasteiger partial charge in [0, 0.05) is 19.3 Å². The number of allylic oxidation sites excluding steroid dienone is 8. The second kappa shape index (κ2) is 56.6. The highest BCUT2D eigenvalue weighted by molar-refractivity contribution is 7.47. The molecule has 12 heteroatoms. The molecule has 3 atom stereocenters. The Morgan fingerprint density at radius 2 is 0.703 bits per heavy atom. The summed E-state index contributed by atoms with van der Waals surface area (Å²) >= 11 is 0. The summed E-state index contributed by atoms with van der Waals surface area (Å²) in [6.07, 6.45) is 60.6. The number of esters is 3. The predicted molar refractivity (Wildman–Crippen MR) is 307 cm³/mol. The monoisotopic (exact) mass is 1060 g/mol. The first-order valence-electron chi connectivity index (χ1n) is 30.5. The van der Waals surface area contributed by atoms with E-state index < -0.39 is 57.8 Å². The van der Waals surface area contributed by atoms with E-state index in [2.05, 4.69) is 69.4 Å². The van der Waals surface area contributed by atoms with E-state index >= 15 is 0 Å². The molecule has 3 unspecified atom stereocenters. The smallest absolute Gasteiger partial charge is 0.462 e. The van der Waals surface area contributed by atoms with Gasteiger partial charge >= 0.3 is 25.7 Å². The van der Waals surface area contributed by atoms with Crippen LogP contribution >= 0.6 is 7.82 Å². The first-order chi connectivity index (χ1) is 36.2. The summed E-state index contributed by atoms with van der Waals surface area (Å²) in [6.45, 7) is 4.55. The van der Waals surface area contributed by atoms with Crippen molar-refractivity contribution in [1.82, 2.24) is 0 Å². The van der Waals surface area contributed by atoms with Crippen molar-refractivity contribution in [2.45, 2.75) is 303 Å². The molecule has 0 amide bonds. The Morgan fingerprint density at radius 3 is 1.11 bits per heavy atom. The summed E-state index contributed by atoms with van der Waals surface area (Å²) in [5, 5.41) is 9.82. The first kappa shape index (κ1) is 71.4. The zero-order valence-corrected chi connectivity index (χ0v) is 48.7. The van der Waals surface area contributed by atoms with Crippen LogP contribution in [0.1, 0.15) is 290 Å². The molecule has 0 aliphatic carbocycles. The van der Waals surface area contributed by atoms with Gasteiger partial charge in [-0.25, -0.2) is 4.57 Å². The Hall–Kier alpha value is -2.56. The van der Waals surface area contributed by atoms with Crippen molar-refractivity contribution in [2.24, 2.45) is 0 Å². The molecular formula is C62H113O11P. The molecule has 0 aliphatic rings. The summed E-state index contributed by atoms with van der Waals surface area (Å²) in [5.41, 5.74) is 0. The number of unbranched alkanes of at least 4 members (excludes halogenated alkanes) is 32. The van der Waals surface area contributed by atoms with Crippen molar-refractivity contribution < 1.29 is 52.2 Å². The van der Waals surface area contributed by atoms with Crippen LogP contribution in [-0.4, -0.2) is 66.5 Å². The van der Waals surface area contributed by atoms with Crippen molar-refractivity contribution in [3.8, 4) is 0 Å². The number of ether oxygens (including phenoxy) is 3. The van der Waals surface area contributed by atoms with E-state index in [1.807, 2.05) is 0 Å². The molecule has 0 saturated carbocycles. The van der Waals surface area contributed by atoms with Gasteiger partial charge in [-0.3, -0.25) is 23.4 Å². The topological polar surface area (TPSA) is 155 Å². The molecule has 0 heterocycles. The fourth-order valence-corrected chi connectivity index (χ4v) is 9.39. The van der Waals surface area contributed by atoms with E-state index in [4.69, 9.17) is 23.3 Å². The van der Waals surface area contributed by atoms with Gasteiger partial charge in [0.2, 0.25) is 0 Å². The molecule has 2 N–H and O–H groups in total. The lowest BCUT2D eigenvalue weighted by molar-refractivity contribution is -0.161. The van der Waals surface area contributed by atoms with Gasteiger partial charge in [0.15, 0.2) is 6.10 Å². The SMILES string of the molecule is CC/C=C\C/C=C\C/C=C\CCCCCCCCCC(=O)OC(COC(=O)CCCCCCCCCCCCCCCCCCC)COP(=O)(O)OCC(CO)OC(=O)CCCCCCC/C=C\CCCCCC. The van der Waals surface area contributed by atoms with Crippen molar-refractivity contribution >= 4 is 25.7 Å². The molecular weight excluding hydrogens is 952 g/mol. The van der Waals surface area contributed by atoms with E-state index in [0.717, 1.165) is 109 Å². The largest absolute Gasteiger partial charge is 0.472 e. The van der Waals surface area contributed by atoms with Crippen LogP contribution in [0.4, 0.5) is 0 Å². The molecule has 74 heavy (non-hydrogen) atoms. The number of phosphoric ester groups is 1. The van der Waals surface area contributed by atoms with Gasteiger partial charge < -0.3 is 24.2 Å². The highest BCUT2D eigenvalue weighted by Crippen LogP contribution is 2.43. The molecule has 11 nitrogen and oxygen atoms in total. The molecule has 0 aromatic heterocycles. The maximum Gasteiger partial charge on any atom is 0.472 e. The molecule has 0 aromatic rings. The highest BCUT2D eigenvalue weighted by atomic mass is 31.2. The van der Waals surface area contributed by atoms with Gasteiger partial charge in [-0.1, -0.05) is 243 Å². The fourth-order valence-electron chi connectivity index (χ4n) is 8.60. The Bertz CT molecular complexity index is 1430. The van der Waals surface area contributed by atoms with Crippen LogP contribution in [0.15, 0.2) is 48.6 Å². The second-order valence-electron chi connectivity index (χ2n) is 20.5. The third kappa shape index (κ3) is 54.2. The lowest BCUT2D eigenvalue weighted by Crippen LogP contribution is -2.30. The van der Waals surface area contributed by atoms with E-state index in [9.17, 15) is 28.9 Å². The fraction of sp³-hybridized carbons (Fsp3) is 0.823. The average Bonchev–Trinajstić information content (AvgIpc) is 3.39. The molecule has 0 radical (unpaired) electrons. The Kier molecular flexibility index (Phi) is 54.7. The maximum absolute atomic E-state index is 12.9. The molecule has 432 valence electrons. The molecule has 0 spiro atoms. The number of rotatable bonds is 57. The number of phosphoric acid groups is 1. The van der Waals surface area contributed by atoms with Crippen molar-refractivity contribution in [3.05, 3.63) is 48.6 Å². The average molecular weight is 1070 g/mol. The molecule has 0 fully saturated rings. The minimum atomic E-state index is -4.75. The van der Waals surface area contributed by atoms with E-state index in [0.29, 0.717) is 19.3 Å². The lowest BCUT2D eigenvalue weighted by atomic mass is 10.0. The number of aliphatic hydroxyl groups is 1. The van der Waals surface area contributed by atoms with Gasteiger partial charge in [0.1, 0.15) is 12.7 Å². The summed E-state index contributed by atoms with van der Waals surface area (Å²) in [4.78, 5) is 48.6. The Labute approximate surface area is 453 Å². The van der Waals surface area contributed by atoms with E-state index in [1.165, 1.54) is 122 Å². The number of carbonyl (C=O) groups excluding carboxylic acids is 3. The zero-order valence-electron chi connectivity index (χ0n) is 47.8. The number of hydrogen-bond acceptors (Lipinski definition) is 10. The standard InChI is InChI=1S/C62H113O11P/c1-4-7-10-13-16-19-22-25-27-29-31-34-36-39-42-45-48-51-60(64)69-55-59(73-62(66)53-50-47-44-41-38-35-32-30-28-26-23-20-17-14-11-8-5-2)57-71-74(67,68)70-56-58(54-63)72-61(65)52-49-46-43-40-37-33-24-21-18-15-12-9-6-3/h8,11,17,20-21,24,26,28,58-59,63H,4-7,9-10,12-16,18-19,22-23,25,27,29-57H2,1-3H3,(H,67,68)/b11-8-,20-17-,24-21-,28-26-. The van der Waals surface area contributed by atoms with Gasteiger partial charge in [-0.15, -0.1) is 0 Å². The zero-order chi connectivity index (χ0) is 54.1. The van der Waals surface area contributed by atoms with Crippen molar-refractivity contribution in [2.75, 3.05) is 26.4 Å². The molecule has 0 rings (SSSR count). The number of carbonyl (C=O) groups is 3. The van der Waals surface area contributed by atoms with Gasteiger partial charge in [0.05, 0.1) is 19.8 Å². The van der Waals surface area contributed by atoms with Crippen LogP contribution in [0.3, 0.4) is 0 Å². The third-order valence-electron chi connectivity index (χ3n) is 13.2.